The van der Waals surface area contributed by atoms with Gasteiger partial charge in [0.2, 0.25) is 17.6 Å². The summed E-state index contributed by atoms with van der Waals surface area (Å²) < 4.78 is 0. The van der Waals surface area contributed by atoms with Crippen molar-refractivity contribution in [3.8, 4) is 0 Å². The summed E-state index contributed by atoms with van der Waals surface area (Å²) in [5.74, 6) is -1.90. The molecule has 0 radical (unpaired) electrons. The number of fused-ring (bicyclic) bond motifs is 1. The molecule has 2 aliphatic carbocycles. The molecule has 3 aliphatic rings. The number of likely N-dealkylation sites (tertiary alicyclic amines) is 1. The first-order valence-corrected chi connectivity index (χ1v) is 12.8. The van der Waals surface area contributed by atoms with E-state index >= 15 is 0 Å². The molecule has 7 heteroatoms. The zero-order chi connectivity index (χ0) is 25.6. The lowest BCUT2D eigenvalue weighted by Gasteiger charge is -2.37. The molecule has 2 amide bonds. The molecule has 0 bridgehead atoms. The number of Topliss-reactive ketones (excluding diaryl/α,β-unsaturated/α-hetero) is 3. The minimum absolute atomic E-state index is 0.0122. The fraction of sp³-hybridized carbons (Fsp3) is 0.815. The van der Waals surface area contributed by atoms with Gasteiger partial charge in [0.25, 0.3) is 0 Å². The Labute approximate surface area is 203 Å². The lowest BCUT2D eigenvalue weighted by molar-refractivity contribution is -0.148. The quantitative estimate of drug-likeness (QED) is 0.490. The van der Waals surface area contributed by atoms with Gasteiger partial charge in [0, 0.05) is 39.3 Å². The highest BCUT2D eigenvalue weighted by Crippen LogP contribution is 2.65. The Kier molecular flexibility index (Phi) is 7.45. The van der Waals surface area contributed by atoms with Crippen LogP contribution in [0.5, 0.6) is 0 Å². The number of rotatable bonds is 10. The van der Waals surface area contributed by atoms with Gasteiger partial charge in [-0.1, -0.05) is 53.9 Å². The second-order valence-corrected chi connectivity index (χ2v) is 12.5. The van der Waals surface area contributed by atoms with E-state index in [9.17, 15) is 24.0 Å². The molecule has 0 aromatic rings. The van der Waals surface area contributed by atoms with Crippen molar-refractivity contribution in [3.63, 3.8) is 0 Å². The first kappa shape index (κ1) is 26.6. The fourth-order valence-electron chi connectivity index (χ4n) is 6.20. The molecular formula is C27H42N2O5. The smallest absolute Gasteiger partial charge is 0.227 e. The van der Waals surface area contributed by atoms with E-state index in [-0.39, 0.29) is 47.7 Å². The van der Waals surface area contributed by atoms with Gasteiger partial charge in [-0.2, -0.15) is 0 Å². The van der Waals surface area contributed by atoms with Gasteiger partial charge in [0.05, 0.1) is 12.0 Å². The number of nitrogens with one attached hydrogen (secondary N) is 1. The molecular weight excluding hydrogens is 432 g/mol. The molecule has 1 aliphatic heterocycles. The molecule has 2 saturated carbocycles. The SMILES string of the molecule is CNC(=O)C[C@H](C(=O)N1C[C@H]2[C@@H]([C@H]1C(=O)CC(CC1CCC1)C(=O)C(C)=O)C2(C)C)C(C)(C)C. The van der Waals surface area contributed by atoms with E-state index in [4.69, 9.17) is 0 Å². The maximum Gasteiger partial charge on any atom is 0.227 e. The van der Waals surface area contributed by atoms with Gasteiger partial charge in [-0.3, -0.25) is 24.0 Å². The van der Waals surface area contributed by atoms with E-state index in [0.717, 1.165) is 19.3 Å². The number of carbonyl (C=O) groups excluding carboxylic acids is 5. The molecule has 3 fully saturated rings. The molecule has 0 spiro atoms. The van der Waals surface area contributed by atoms with Gasteiger partial charge < -0.3 is 10.2 Å². The molecule has 34 heavy (non-hydrogen) atoms. The monoisotopic (exact) mass is 474 g/mol. The van der Waals surface area contributed by atoms with Crippen LogP contribution in [0.2, 0.25) is 0 Å². The molecule has 190 valence electrons. The van der Waals surface area contributed by atoms with Crippen molar-refractivity contribution in [2.75, 3.05) is 13.6 Å². The number of hydrogen-bond acceptors (Lipinski definition) is 5. The molecule has 1 unspecified atom stereocenters. The predicted molar refractivity (Wildman–Crippen MR) is 129 cm³/mol. The van der Waals surface area contributed by atoms with Crippen LogP contribution in [0.1, 0.15) is 80.1 Å². The van der Waals surface area contributed by atoms with Crippen LogP contribution in [0.4, 0.5) is 0 Å². The van der Waals surface area contributed by atoms with Gasteiger partial charge in [0.15, 0.2) is 11.6 Å². The third kappa shape index (κ3) is 5.13. The Morgan fingerprint density at radius 2 is 1.68 bits per heavy atom. The standard InChI is InChI=1S/C27H42N2O5/c1-15(30)24(33)17(11-16-9-8-10-16)12-20(31)23-22-19(27(22,5)6)14-29(23)25(34)18(26(2,3)4)13-21(32)28-7/h16-19,22-23H,8-14H2,1-7H3,(H,28,32)/t17?,18-,19+,22+,23-/m1/s1. The minimum atomic E-state index is -0.600. The van der Waals surface area contributed by atoms with Crippen molar-refractivity contribution in [1.82, 2.24) is 10.2 Å². The third-order valence-electron chi connectivity index (χ3n) is 8.84. The largest absolute Gasteiger partial charge is 0.359 e. The molecule has 3 rings (SSSR count). The summed E-state index contributed by atoms with van der Waals surface area (Å²) in [6, 6.07) is -0.592. The highest BCUT2D eigenvalue weighted by molar-refractivity contribution is 6.37. The number of carbonyl (C=O) groups is 5. The van der Waals surface area contributed by atoms with E-state index < -0.39 is 34.9 Å². The first-order valence-electron chi connectivity index (χ1n) is 12.8. The average Bonchev–Trinajstić information content (AvgIpc) is 3.06. The molecule has 5 atom stereocenters. The van der Waals surface area contributed by atoms with Crippen molar-refractivity contribution in [3.05, 3.63) is 0 Å². The lowest BCUT2D eigenvalue weighted by Crippen LogP contribution is -2.51. The molecule has 7 nitrogen and oxygen atoms in total. The summed E-state index contributed by atoms with van der Waals surface area (Å²) in [6.45, 7) is 11.9. The van der Waals surface area contributed by atoms with Gasteiger partial charge in [0.1, 0.15) is 0 Å². The minimum Gasteiger partial charge on any atom is -0.359 e. The number of amides is 2. The summed E-state index contributed by atoms with van der Waals surface area (Å²) in [5, 5.41) is 2.61. The first-order chi connectivity index (χ1) is 15.7. The van der Waals surface area contributed by atoms with Crippen LogP contribution in [0.15, 0.2) is 0 Å². The van der Waals surface area contributed by atoms with Crippen molar-refractivity contribution in [2.45, 2.75) is 86.1 Å². The molecule has 1 saturated heterocycles. The summed E-state index contributed by atoms with van der Waals surface area (Å²) in [5.41, 5.74) is -0.486. The lowest BCUT2D eigenvalue weighted by atomic mass is 9.75. The summed E-state index contributed by atoms with van der Waals surface area (Å²) in [7, 11) is 1.56. The van der Waals surface area contributed by atoms with Crippen molar-refractivity contribution < 1.29 is 24.0 Å². The topological polar surface area (TPSA) is 101 Å². The van der Waals surface area contributed by atoms with Gasteiger partial charge in [-0.15, -0.1) is 0 Å². The van der Waals surface area contributed by atoms with E-state index in [2.05, 4.69) is 19.2 Å². The third-order valence-corrected chi connectivity index (χ3v) is 8.84. The number of nitrogens with zero attached hydrogens (tertiary/aromatic N) is 1. The predicted octanol–water partition coefficient (Wildman–Crippen LogP) is 3.19. The van der Waals surface area contributed by atoms with Crippen LogP contribution < -0.4 is 5.32 Å². The van der Waals surface area contributed by atoms with Gasteiger partial charge >= 0.3 is 0 Å². The molecule has 1 heterocycles. The zero-order valence-corrected chi connectivity index (χ0v) is 21.9. The van der Waals surface area contributed by atoms with E-state index in [1.54, 1.807) is 11.9 Å². The normalized spacial score (nSPS) is 27.3. The Morgan fingerprint density at radius 3 is 2.15 bits per heavy atom. The van der Waals surface area contributed by atoms with Crippen molar-refractivity contribution in [2.24, 2.45) is 40.4 Å². The Hall–Kier alpha value is -2.05. The second kappa shape index (κ2) is 9.54. The number of ketones is 3. The van der Waals surface area contributed by atoms with Gasteiger partial charge in [-0.25, -0.2) is 0 Å². The fourth-order valence-corrected chi connectivity index (χ4v) is 6.20. The summed E-state index contributed by atoms with van der Waals surface area (Å²) in [4.78, 5) is 65.9. The summed E-state index contributed by atoms with van der Waals surface area (Å²) >= 11 is 0. The van der Waals surface area contributed by atoms with Crippen LogP contribution in [-0.4, -0.2) is 53.7 Å². The Morgan fingerprint density at radius 1 is 1.06 bits per heavy atom. The zero-order valence-electron chi connectivity index (χ0n) is 21.9. The van der Waals surface area contributed by atoms with E-state index in [1.165, 1.54) is 6.92 Å². The molecule has 0 aromatic heterocycles. The number of hydrogen-bond donors (Lipinski definition) is 1. The average molecular weight is 475 g/mol. The molecule has 1 N–H and O–H groups in total. The maximum absolute atomic E-state index is 13.8. The summed E-state index contributed by atoms with van der Waals surface area (Å²) in [6.07, 6.45) is 3.86. The van der Waals surface area contributed by atoms with E-state index in [0.29, 0.717) is 18.9 Å². The number of piperidine rings is 1. The van der Waals surface area contributed by atoms with Crippen LogP contribution in [-0.2, 0) is 24.0 Å². The van der Waals surface area contributed by atoms with Crippen molar-refractivity contribution >= 4 is 29.2 Å². The van der Waals surface area contributed by atoms with Crippen molar-refractivity contribution in [1.29, 1.82) is 0 Å². The molecule has 0 aromatic carbocycles. The van der Waals surface area contributed by atoms with Crippen LogP contribution in [0.25, 0.3) is 0 Å². The highest BCUT2D eigenvalue weighted by atomic mass is 16.2. The van der Waals surface area contributed by atoms with Crippen LogP contribution >= 0.6 is 0 Å². The van der Waals surface area contributed by atoms with E-state index in [1.807, 2.05) is 20.8 Å². The van der Waals surface area contributed by atoms with Gasteiger partial charge in [-0.05, 0) is 35.0 Å². The Balaban J connectivity index is 1.84. The van der Waals surface area contributed by atoms with Crippen LogP contribution in [0.3, 0.4) is 0 Å². The van der Waals surface area contributed by atoms with Crippen LogP contribution in [0, 0.1) is 40.4 Å². The highest BCUT2D eigenvalue weighted by Gasteiger charge is 2.69. The maximum atomic E-state index is 13.8. The Bertz CT molecular complexity index is 867. The second-order valence-electron chi connectivity index (χ2n) is 12.5.